The zero-order chi connectivity index (χ0) is 15.7. The molecule has 2 aromatic rings. The van der Waals surface area contributed by atoms with E-state index >= 15 is 0 Å². The highest BCUT2D eigenvalue weighted by molar-refractivity contribution is 6.30. The lowest BCUT2D eigenvalue weighted by atomic mass is 10.1. The fourth-order valence-corrected chi connectivity index (χ4v) is 3.01. The van der Waals surface area contributed by atoms with Crippen molar-refractivity contribution in [2.75, 3.05) is 7.11 Å². The fraction of sp³-hybridized carbons (Fsp3) is 0.400. The van der Waals surface area contributed by atoms with Crippen LogP contribution in [0.2, 0.25) is 5.02 Å². The molecule has 1 aromatic carbocycles. The molecular weight excluding hydrogens is 306 g/mol. The van der Waals surface area contributed by atoms with Crippen LogP contribution in [0, 0.1) is 0 Å². The summed E-state index contributed by atoms with van der Waals surface area (Å²) in [5, 5.41) is 4.97. The minimum atomic E-state index is -0.575. The number of hydrogen-bond donors (Lipinski definition) is 0. The topological polar surface area (TPSA) is 66.1 Å². The van der Waals surface area contributed by atoms with Crippen molar-refractivity contribution < 1.29 is 9.53 Å². The summed E-state index contributed by atoms with van der Waals surface area (Å²) in [7, 11) is 1.33. The lowest BCUT2D eigenvalue weighted by Crippen LogP contribution is -2.35. The maximum Gasteiger partial charge on any atom is 0.347 e. The zero-order valence-corrected chi connectivity index (χ0v) is 12.9. The highest BCUT2D eigenvalue weighted by Crippen LogP contribution is 2.23. The average molecular weight is 322 g/mol. The van der Waals surface area contributed by atoms with Crippen LogP contribution >= 0.6 is 11.6 Å². The first-order valence-corrected chi connectivity index (χ1v) is 7.48. The minimum Gasteiger partial charge on any atom is -0.467 e. The number of carbonyl (C=O) groups is 1. The number of esters is 1. The van der Waals surface area contributed by atoms with Crippen LogP contribution in [0.15, 0.2) is 29.1 Å². The van der Waals surface area contributed by atoms with Gasteiger partial charge in [0.15, 0.2) is 0 Å². The van der Waals surface area contributed by atoms with Gasteiger partial charge in [-0.3, -0.25) is 4.57 Å². The minimum absolute atomic E-state index is 0.287. The largest absolute Gasteiger partial charge is 0.467 e. The van der Waals surface area contributed by atoms with Gasteiger partial charge >= 0.3 is 11.7 Å². The van der Waals surface area contributed by atoms with Gasteiger partial charge in [-0.15, -0.1) is 0 Å². The van der Waals surface area contributed by atoms with E-state index in [9.17, 15) is 9.59 Å². The molecule has 7 heteroatoms. The van der Waals surface area contributed by atoms with Crippen molar-refractivity contribution in [2.45, 2.75) is 31.8 Å². The highest BCUT2D eigenvalue weighted by atomic mass is 35.5. The van der Waals surface area contributed by atoms with E-state index in [0.29, 0.717) is 30.2 Å². The Morgan fingerprint density at radius 2 is 2.32 bits per heavy atom. The molecule has 1 atom stereocenters. The molecule has 22 heavy (non-hydrogen) atoms. The first kappa shape index (κ1) is 14.8. The number of ether oxygens (including phenoxy) is 1. The van der Waals surface area contributed by atoms with Crippen LogP contribution in [0.3, 0.4) is 0 Å². The van der Waals surface area contributed by atoms with E-state index in [1.807, 2.05) is 12.1 Å². The summed E-state index contributed by atoms with van der Waals surface area (Å²) in [4.78, 5) is 24.4. The molecule has 1 aliphatic heterocycles. The summed E-state index contributed by atoms with van der Waals surface area (Å²) < 4.78 is 7.63. The predicted octanol–water partition coefficient (Wildman–Crippen LogP) is 1.80. The normalized spacial score (nSPS) is 17.1. The van der Waals surface area contributed by atoms with Gasteiger partial charge in [-0.05, 0) is 30.5 Å². The van der Waals surface area contributed by atoms with Gasteiger partial charge in [0.2, 0.25) is 0 Å². The average Bonchev–Trinajstić information content (AvgIpc) is 2.83. The zero-order valence-electron chi connectivity index (χ0n) is 12.2. The Hall–Kier alpha value is -2.08. The van der Waals surface area contributed by atoms with E-state index in [2.05, 4.69) is 5.10 Å². The van der Waals surface area contributed by atoms with Crippen molar-refractivity contribution in [3.05, 3.63) is 51.2 Å². The van der Waals surface area contributed by atoms with Crippen LogP contribution in [0.5, 0.6) is 0 Å². The molecule has 1 aromatic heterocycles. The number of methoxy groups -OCH3 is 1. The monoisotopic (exact) mass is 321 g/mol. The molecule has 0 fully saturated rings. The smallest absolute Gasteiger partial charge is 0.347 e. The number of halogens is 1. The molecule has 3 rings (SSSR count). The van der Waals surface area contributed by atoms with Gasteiger partial charge in [0.05, 0.1) is 13.7 Å². The molecule has 0 N–H and O–H groups in total. The first-order chi connectivity index (χ1) is 10.6. The lowest BCUT2D eigenvalue weighted by Gasteiger charge is -2.20. The number of nitrogens with zero attached hydrogens (tertiary/aromatic N) is 3. The molecule has 2 heterocycles. The van der Waals surface area contributed by atoms with Gasteiger partial charge in [0.25, 0.3) is 0 Å². The van der Waals surface area contributed by atoms with E-state index in [-0.39, 0.29) is 5.69 Å². The van der Waals surface area contributed by atoms with Gasteiger partial charge in [0, 0.05) is 11.4 Å². The van der Waals surface area contributed by atoms with Gasteiger partial charge in [-0.1, -0.05) is 23.7 Å². The second kappa shape index (κ2) is 5.96. The van der Waals surface area contributed by atoms with E-state index in [1.165, 1.54) is 16.4 Å². The van der Waals surface area contributed by atoms with E-state index in [0.717, 1.165) is 12.0 Å². The van der Waals surface area contributed by atoms with E-state index in [1.54, 1.807) is 12.1 Å². The third-order valence-corrected chi connectivity index (χ3v) is 4.06. The Labute approximate surface area is 132 Å². The molecule has 0 radical (unpaired) electrons. The molecule has 0 saturated heterocycles. The summed E-state index contributed by atoms with van der Waals surface area (Å²) in [6, 6.07) is 6.71. The first-order valence-electron chi connectivity index (χ1n) is 7.10. The Bertz CT molecular complexity index is 766. The van der Waals surface area contributed by atoms with E-state index in [4.69, 9.17) is 16.3 Å². The van der Waals surface area contributed by atoms with Crippen molar-refractivity contribution in [3.63, 3.8) is 0 Å². The van der Waals surface area contributed by atoms with Gasteiger partial charge in [0.1, 0.15) is 11.9 Å². The highest BCUT2D eigenvalue weighted by Gasteiger charge is 2.31. The third kappa shape index (κ3) is 2.66. The third-order valence-electron chi connectivity index (χ3n) is 3.83. The van der Waals surface area contributed by atoms with Crippen LogP contribution in [0.4, 0.5) is 0 Å². The van der Waals surface area contributed by atoms with Crippen molar-refractivity contribution >= 4 is 17.6 Å². The summed E-state index contributed by atoms with van der Waals surface area (Å²) in [5.74, 6) is 0.235. The second-order valence-electron chi connectivity index (χ2n) is 5.29. The lowest BCUT2D eigenvalue weighted by molar-refractivity contribution is -0.145. The van der Waals surface area contributed by atoms with Gasteiger partial charge in [-0.25, -0.2) is 14.3 Å². The predicted molar refractivity (Wildman–Crippen MR) is 81.0 cm³/mol. The molecule has 0 unspecified atom stereocenters. The number of carbonyl (C=O) groups excluding carboxylic acids is 1. The molecule has 0 bridgehead atoms. The maximum atomic E-state index is 12.6. The Balaban J connectivity index is 1.97. The standard InChI is InChI=1S/C15H16ClN3O3/c1-22-14(20)12-6-3-7-13-17-18(15(21)19(12)13)9-10-4-2-5-11(16)8-10/h2,4-5,8,12H,3,6-7,9H2,1H3/t12-/m1/s1. The van der Waals surface area contributed by atoms with E-state index < -0.39 is 12.0 Å². The number of aromatic nitrogens is 3. The van der Waals surface area contributed by atoms with Crippen molar-refractivity contribution in [2.24, 2.45) is 0 Å². The number of rotatable bonds is 3. The number of aryl methyl sites for hydroxylation is 1. The number of hydrogen-bond acceptors (Lipinski definition) is 4. The SMILES string of the molecule is COC(=O)[C@H]1CCCc2nn(Cc3cccc(Cl)c3)c(=O)n21. The summed E-state index contributed by atoms with van der Waals surface area (Å²) in [5.41, 5.74) is 0.602. The Morgan fingerprint density at radius 1 is 1.50 bits per heavy atom. The fourth-order valence-electron chi connectivity index (χ4n) is 2.80. The molecule has 6 nitrogen and oxygen atoms in total. The number of fused-ring (bicyclic) bond motifs is 1. The van der Waals surface area contributed by atoms with Crippen LogP contribution in [0.1, 0.15) is 30.3 Å². The molecule has 0 aliphatic carbocycles. The van der Waals surface area contributed by atoms with Gasteiger partial charge < -0.3 is 4.74 Å². The molecule has 0 spiro atoms. The van der Waals surface area contributed by atoms with Crippen LogP contribution in [0.25, 0.3) is 0 Å². The molecule has 0 amide bonds. The van der Waals surface area contributed by atoms with Crippen molar-refractivity contribution in [1.82, 2.24) is 14.3 Å². The van der Waals surface area contributed by atoms with Crippen molar-refractivity contribution in [3.8, 4) is 0 Å². The van der Waals surface area contributed by atoms with Crippen LogP contribution < -0.4 is 5.69 Å². The maximum absolute atomic E-state index is 12.6. The molecule has 1 aliphatic rings. The summed E-state index contributed by atoms with van der Waals surface area (Å²) in [6.45, 7) is 0.327. The summed E-state index contributed by atoms with van der Waals surface area (Å²) >= 11 is 5.96. The Morgan fingerprint density at radius 3 is 3.05 bits per heavy atom. The molecule has 116 valence electrons. The molecular formula is C15H16ClN3O3. The van der Waals surface area contributed by atoms with Crippen molar-refractivity contribution in [1.29, 1.82) is 0 Å². The summed E-state index contributed by atoms with van der Waals surface area (Å²) in [6.07, 6.45) is 2.10. The molecule has 0 saturated carbocycles. The van der Waals surface area contributed by atoms with Crippen LogP contribution in [-0.2, 0) is 22.5 Å². The Kier molecular flexibility index (Phi) is 4.02. The van der Waals surface area contributed by atoms with Crippen LogP contribution in [-0.4, -0.2) is 27.4 Å². The quantitative estimate of drug-likeness (QED) is 0.808. The second-order valence-corrected chi connectivity index (χ2v) is 5.72. The van der Waals surface area contributed by atoms with Gasteiger partial charge in [-0.2, -0.15) is 5.10 Å². The number of benzene rings is 1.